The minimum atomic E-state index is -2.68. The van der Waals surface area contributed by atoms with E-state index < -0.39 is 58.1 Å². The zero-order valence-corrected chi connectivity index (χ0v) is 21.0. The topological polar surface area (TPSA) is 183 Å². The third-order valence-electron chi connectivity index (χ3n) is 7.99. The van der Waals surface area contributed by atoms with Crippen molar-refractivity contribution in [1.82, 2.24) is 0 Å². The number of ether oxygens (including phenoxy) is 3. The van der Waals surface area contributed by atoms with E-state index in [4.69, 9.17) is 14.2 Å². The molecule has 41 heavy (non-hydrogen) atoms. The molecule has 3 aromatic rings. The van der Waals surface area contributed by atoms with Gasteiger partial charge in [-0.15, -0.1) is 0 Å². The van der Waals surface area contributed by atoms with E-state index >= 15 is 0 Å². The number of allylic oxidation sites excluding steroid dienone is 1. The lowest BCUT2D eigenvalue weighted by molar-refractivity contribution is -0.130. The second kappa shape index (κ2) is 8.26. The molecule has 0 amide bonds. The van der Waals surface area contributed by atoms with Crippen molar-refractivity contribution >= 4 is 11.6 Å². The Hall–Kier alpha value is -5.00. The largest absolute Gasteiger partial charge is 0.508 e. The summed E-state index contributed by atoms with van der Waals surface area (Å²) in [7, 11) is 0. The number of carbonyl (C=O) groups is 2. The zero-order valence-electron chi connectivity index (χ0n) is 21.0. The van der Waals surface area contributed by atoms with Crippen LogP contribution in [0, 0.1) is 0 Å². The lowest BCUT2D eigenvalue weighted by atomic mass is 9.66. The Balaban J connectivity index is 1.49. The normalized spacial score (nSPS) is 29.7. The minimum Gasteiger partial charge on any atom is -0.508 e. The monoisotopic (exact) mass is 558 g/mol. The van der Waals surface area contributed by atoms with Crippen LogP contribution < -0.4 is 4.74 Å². The Labute approximate surface area is 231 Å². The molecule has 11 heteroatoms. The van der Waals surface area contributed by atoms with Crippen LogP contribution in [0.2, 0.25) is 0 Å². The molecule has 0 radical (unpaired) electrons. The highest BCUT2D eigenvalue weighted by molar-refractivity contribution is 6.13. The quantitative estimate of drug-likeness (QED) is 0.272. The lowest BCUT2D eigenvalue weighted by Gasteiger charge is -2.48. The van der Waals surface area contributed by atoms with Crippen LogP contribution in [0.25, 0.3) is 0 Å². The average Bonchev–Trinajstić information content (AvgIpc) is 3.19. The Morgan fingerprint density at radius 3 is 2.10 bits per heavy atom. The third-order valence-corrected chi connectivity index (χ3v) is 7.99. The van der Waals surface area contributed by atoms with Crippen LogP contribution in [-0.2, 0) is 14.3 Å². The Bertz CT molecular complexity index is 1710. The summed E-state index contributed by atoms with van der Waals surface area (Å²) in [6.07, 6.45) is -3.02. The predicted molar refractivity (Wildman–Crippen MR) is 137 cm³/mol. The van der Waals surface area contributed by atoms with Gasteiger partial charge in [0.2, 0.25) is 11.4 Å². The highest BCUT2D eigenvalue weighted by atomic mass is 16.6. The zero-order chi connectivity index (χ0) is 28.8. The van der Waals surface area contributed by atoms with Gasteiger partial charge in [0, 0.05) is 30.2 Å². The standard InChI is InChI=1S/C30H22O11/c31-15-5-1-13(2-6-15)25-21(36)11-18-19(34)12-23-30(28(18)40-25)29(38,27(39-23)14-3-7-16(32)8-4-14)26(37)24-20(35)9-17(33)10-22(24)41-30/h1-10,12,21,25,27,31-33,35-36,38H,11H2/t21-,25-,27?,29?,30?/m1/s1. The number of aliphatic hydroxyl groups excluding tert-OH is 1. The molecule has 4 aliphatic rings. The van der Waals surface area contributed by atoms with Gasteiger partial charge >= 0.3 is 0 Å². The van der Waals surface area contributed by atoms with Crippen molar-refractivity contribution in [3.63, 3.8) is 0 Å². The summed E-state index contributed by atoms with van der Waals surface area (Å²) >= 11 is 0. The van der Waals surface area contributed by atoms with E-state index in [9.17, 15) is 40.2 Å². The third kappa shape index (κ3) is 3.21. The number of phenols is 4. The molecule has 1 fully saturated rings. The number of aromatic hydroxyl groups is 4. The van der Waals surface area contributed by atoms with Gasteiger partial charge in [0.1, 0.15) is 40.4 Å². The van der Waals surface area contributed by atoms with E-state index in [0.717, 1.165) is 18.2 Å². The number of aliphatic hydroxyl groups is 2. The van der Waals surface area contributed by atoms with Crippen LogP contribution in [0.4, 0.5) is 0 Å². The average molecular weight is 558 g/mol. The summed E-state index contributed by atoms with van der Waals surface area (Å²) in [5.41, 5.74) is -4.81. The smallest absolute Gasteiger partial charge is 0.262 e. The fraction of sp³-hybridized carbons (Fsp3) is 0.200. The highest BCUT2D eigenvalue weighted by Gasteiger charge is 2.78. The molecule has 5 atom stereocenters. The summed E-state index contributed by atoms with van der Waals surface area (Å²) in [6, 6.07) is 13.3. The molecule has 3 aromatic carbocycles. The van der Waals surface area contributed by atoms with Crippen LogP contribution in [-0.4, -0.2) is 59.5 Å². The Morgan fingerprint density at radius 1 is 0.805 bits per heavy atom. The number of carbonyl (C=O) groups excluding carboxylic acids is 2. The molecule has 0 aromatic heterocycles. The van der Waals surface area contributed by atoms with E-state index in [2.05, 4.69) is 0 Å². The molecule has 3 aliphatic heterocycles. The second-order valence-electron chi connectivity index (χ2n) is 10.4. The van der Waals surface area contributed by atoms with Gasteiger partial charge in [-0.1, -0.05) is 24.3 Å². The molecule has 7 rings (SSSR count). The number of Topliss-reactive ketones (excluding diaryl/α,β-unsaturated/α-hetero) is 1. The fourth-order valence-corrected chi connectivity index (χ4v) is 6.10. The lowest BCUT2D eigenvalue weighted by Crippen LogP contribution is -2.67. The van der Waals surface area contributed by atoms with Crippen molar-refractivity contribution in [3.05, 3.63) is 101 Å². The van der Waals surface area contributed by atoms with Gasteiger partial charge < -0.3 is 44.8 Å². The fourth-order valence-electron chi connectivity index (χ4n) is 6.10. The molecular formula is C30H22O11. The van der Waals surface area contributed by atoms with E-state index in [0.29, 0.717) is 5.56 Å². The summed E-state index contributed by atoms with van der Waals surface area (Å²) in [6.45, 7) is 0. The van der Waals surface area contributed by atoms with E-state index in [1.165, 1.54) is 48.5 Å². The predicted octanol–water partition coefficient (Wildman–Crippen LogP) is 2.57. The summed E-state index contributed by atoms with van der Waals surface area (Å²) in [4.78, 5) is 27.6. The number of fused-ring (bicyclic) bond motifs is 1. The van der Waals surface area contributed by atoms with Crippen LogP contribution in [0.1, 0.15) is 40.1 Å². The van der Waals surface area contributed by atoms with Crippen LogP contribution in [0.5, 0.6) is 28.7 Å². The van der Waals surface area contributed by atoms with E-state index in [1.54, 1.807) is 0 Å². The number of phenolic OH excluding ortho intramolecular Hbond substituents is 4. The number of hydrogen-bond donors (Lipinski definition) is 6. The van der Waals surface area contributed by atoms with Crippen molar-refractivity contribution in [3.8, 4) is 28.7 Å². The molecule has 0 bridgehead atoms. The Morgan fingerprint density at radius 2 is 1.44 bits per heavy atom. The van der Waals surface area contributed by atoms with Gasteiger partial charge in [-0.05, 0) is 35.4 Å². The van der Waals surface area contributed by atoms with Crippen LogP contribution in [0.3, 0.4) is 0 Å². The molecule has 1 aliphatic carbocycles. The Kier molecular flexibility index (Phi) is 5.03. The molecular weight excluding hydrogens is 536 g/mol. The number of rotatable bonds is 2. The SMILES string of the molecule is O=C1C=C2OC(c3ccc(O)cc3)C3(O)C(=O)c4c(O)cc(O)cc4OC23C2=C1C[C@@H](O)[C@@H](c1ccc(O)cc1)O2. The number of hydrogen-bond acceptors (Lipinski definition) is 11. The van der Waals surface area contributed by atoms with Crippen molar-refractivity contribution < 1.29 is 54.4 Å². The maximum Gasteiger partial charge on any atom is 0.262 e. The maximum absolute atomic E-state index is 14.3. The van der Waals surface area contributed by atoms with Crippen molar-refractivity contribution in [2.24, 2.45) is 0 Å². The summed E-state index contributed by atoms with van der Waals surface area (Å²) < 4.78 is 18.7. The van der Waals surface area contributed by atoms with Crippen molar-refractivity contribution in [1.29, 1.82) is 0 Å². The van der Waals surface area contributed by atoms with Gasteiger partial charge in [0.05, 0.1) is 6.10 Å². The van der Waals surface area contributed by atoms with Gasteiger partial charge in [0.25, 0.3) is 5.60 Å². The first-order valence-electron chi connectivity index (χ1n) is 12.7. The van der Waals surface area contributed by atoms with Crippen LogP contribution in [0.15, 0.2) is 83.8 Å². The first-order valence-corrected chi connectivity index (χ1v) is 12.7. The number of ketones is 2. The van der Waals surface area contributed by atoms with Gasteiger partial charge in [-0.25, -0.2) is 0 Å². The molecule has 1 saturated heterocycles. The molecule has 3 heterocycles. The molecule has 1 spiro atoms. The summed E-state index contributed by atoms with van der Waals surface area (Å²) in [5.74, 6) is -3.65. The van der Waals surface area contributed by atoms with Gasteiger partial charge in [-0.2, -0.15) is 0 Å². The second-order valence-corrected chi connectivity index (χ2v) is 10.4. The molecule has 6 N–H and O–H groups in total. The molecule has 11 nitrogen and oxygen atoms in total. The summed E-state index contributed by atoms with van der Waals surface area (Å²) in [5, 5.41) is 64.0. The van der Waals surface area contributed by atoms with Crippen molar-refractivity contribution in [2.75, 3.05) is 0 Å². The van der Waals surface area contributed by atoms with Crippen molar-refractivity contribution in [2.45, 2.75) is 35.9 Å². The highest BCUT2D eigenvalue weighted by Crippen LogP contribution is 2.63. The first-order chi connectivity index (χ1) is 19.5. The van der Waals surface area contributed by atoms with E-state index in [-0.39, 0.29) is 46.3 Å². The van der Waals surface area contributed by atoms with Gasteiger partial charge in [-0.3, -0.25) is 9.59 Å². The maximum atomic E-state index is 14.3. The number of benzene rings is 3. The molecule has 3 unspecified atom stereocenters. The van der Waals surface area contributed by atoms with E-state index in [1.807, 2.05) is 0 Å². The first kappa shape index (κ1) is 25.0. The molecule has 0 saturated carbocycles. The minimum absolute atomic E-state index is 0.0247. The van der Waals surface area contributed by atoms with Gasteiger partial charge in [0.15, 0.2) is 23.4 Å². The van der Waals surface area contributed by atoms with Crippen LogP contribution >= 0.6 is 0 Å². The molecule has 208 valence electrons.